The van der Waals surface area contributed by atoms with E-state index in [0.717, 1.165) is 36.4 Å². The first-order valence-electron chi connectivity index (χ1n) is 11.2. The quantitative estimate of drug-likeness (QED) is 0.671. The highest BCUT2D eigenvalue weighted by atomic mass is 32.1. The van der Waals surface area contributed by atoms with Gasteiger partial charge in [-0.05, 0) is 62.7 Å². The van der Waals surface area contributed by atoms with E-state index in [1.807, 2.05) is 6.92 Å². The van der Waals surface area contributed by atoms with Crippen LogP contribution in [0.4, 0.5) is 0 Å². The van der Waals surface area contributed by atoms with E-state index >= 15 is 0 Å². The van der Waals surface area contributed by atoms with Crippen LogP contribution in [0.2, 0.25) is 0 Å². The maximum atomic E-state index is 13.5. The minimum atomic E-state index is -1.85. The van der Waals surface area contributed by atoms with E-state index in [9.17, 15) is 15.0 Å². The molecular weight excluding hydrogens is 398 g/mol. The fourth-order valence-electron chi connectivity index (χ4n) is 8.93. The highest BCUT2D eigenvalue weighted by molar-refractivity contribution is 7.11. The third-order valence-corrected chi connectivity index (χ3v) is 10.7. The average molecular weight is 430 g/mol. The number of fused-ring (bicyclic) bond motifs is 3. The minimum absolute atomic E-state index is 0.0211. The van der Waals surface area contributed by atoms with Crippen molar-refractivity contribution in [2.24, 2.45) is 34.5 Å². The SMILES string of the molecule is C=C1C[C@@H]2[C@H]1CCC1[C@@]34CO[C@@](O)([C@@H](O)C3C(C)(C)Cc3sc(C)nc34)[C@]12C(C)=O. The first-order valence-corrected chi connectivity index (χ1v) is 12.0. The van der Waals surface area contributed by atoms with Gasteiger partial charge in [0.2, 0.25) is 5.79 Å². The summed E-state index contributed by atoms with van der Waals surface area (Å²) in [5, 5.41) is 24.9. The molecule has 3 saturated carbocycles. The van der Waals surface area contributed by atoms with Crippen LogP contribution in [0.15, 0.2) is 12.2 Å². The smallest absolute Gasteiger partial charge is 0.205 e. The number of hydrogen-bond donors (Lipinski definition) is 2. The van der Waals surface area contributed by atoms with E-state index in [0.29, 0.717) is 6.61 Å². The van der Waals surface area contributed by atoms with Crippen molar-refractivity contribution in [2.75, 3.05) is 6.61 Å². The standard InChI is InChI=1S/C24H31NO4S/c1-11-8-15-14(11)6-7-17-22-10-29-24(28,23(15,17)12(2)26)20(27)18(22)21(4,5)9-16-19(22)25-13(3)30-16/h14-15,17-18,20,27-28H,1,6-10H2,2-5H3/t14-,15+,17?,18?,20-,22-,23-,24-/m0/s1. The van der Waals surface area contributed by atoms with E-state index in [2.05, 4.69) is 20.4 Å². The number of Topliss-reactive ketones (excluding diaryl/α,β-unsaturated/α-hetero) is 1. The molecule has 6 aliphatic rings. The number of ketones is 1. The Kier molecular flexibility index (Phi) is 3.56. The molecule has 4 aliphatic carbocycles. The normalized spacial score (nSPS) is 50.1. The second kappa shape index (κ2) is 5.45. The summed E-state index contributed by atoms with van der Waals surface area (Å²) in [4.78, 5) is 19.8. The number of aliphatic hydroxyl groups is 2. The molecule has 1 spiro atoms. The van der Waals surface area contributed by atoms with Crippen molar-refractivity contribution < 1.29 is 19.7 Å². The average Bonchev–Trinajstić information content (AvgIpc) is 3.01. The molecule has 0 aromatic carbocycles. The van der Waals surface area contributed by atoms with Gasteiger partial charge in [-0.1, -0.05) is 26.0 Å². The van der Waals surface area contributed by atoms with Gasteiger partial charge in [0.25, 0.3) is 0 Å². The van der Waals surface area contributed by atoms with E-state index < -0.39 is 22.7 Å². The maximum Gasteiger partial charge on any atom is 0.205 e. The van der Waals surface area contributed by atoms with Gasteiger partial charge >= 0.3 is 0 Å². The summed E-state index contributed by atoms with van der Waals surface area (Å²) in [5.41, 5.74) is 0.322. The van der Waals surface area contributed by atoms with Crippen molar-refractivity contribution in [3.05, 3.63) is 27.7 Å². The van der Waals surface area contributed by atoms with Crippen LogP contribution in [0.1, 0.15) is 55.6 Å². The molecule has 2 unspecified atom stereocenters. The molecule has 1 aromatic rings. The summed E-state index contributed by atoms with van der Waals surface area (Å²) in [6, 6.07) is 0. The van der Waals surface area contributed by atoms with Crippen LogP contribution in [0.3, 0.4) is 0 Å². The molecule has 1 aromatic heterocycles. The number of aliphatic hydroxyl groups excluding tert-OH is 1. The number of aromatic nitrogens is 1. The van der Waals surface area contributed by atoms with E-state index in [4.69, 9.17) is 9.72 Å². The number of rotatable bonds is 1. The Morgan fingerprint density at radius 3 is 2.73 bits per heavy atom. The number of nitrogens with zero attached hydrogens (tertiary/aromatic N) is 1. The van der Waals surface area contributed by atoms with Crippen molar-refractivity contribution in [1.29, 1.82) is 0 Å². The molecule has 6 heteroatoms. The van der Waals surface area contributed by atoms with Gasteiger partial charge in [0.15, 0.2) is 0 Å². The Labute approximate surface area is 181 Å². The number of thiazole rings is 1. The summed E-state index contributed by atoms with van der Waals surface area (Å²) in [6.07, 6.45) is 2.26. The Balaban J connectivity index is 1.68. The van der Waals surface area contributed by atoms with Gasteiger partial charge in [-0.15, -0.1) is 11.3 Å². The maximum absolute atomic E-state index is 13.5. The molecule has 0 radical (unpaired) electrons. The van der Waals surface area contributed by atoms with Crippen LogP contribution >= 0.6 is 11.3 Å². The Morgan fingerprint density at radius 1 is 1.33 bits per heavy atom. The second-order valence-corrected chi connectivity index (χ2v) is 12.5. The zero-order valence-corrected chi connectivity index (χ0v) is 19.0. The molecule has 3 heterocycles. The van der Waals surface area contributed by atoms with E-state index in [1.165, 1.54) is 10.5 Å². The Bertz CT molecular complexity index is 999. The van der Waals surface area contributed by atoms with Crippen molar-refractivity contribution in [1.82, 2.24) is 4.98 Å². The lowest BCUT2D eigenvalue weighted by molar-refractivity contribution is -0.433. The molecule has 2 saturated heterocycles. The molecule has 7 rings (SSSR count). The number of carbonyl (C=O) groups is 1. The molecule has 2 N–H and O–H groups in total. The van der Waals surface area contributed by atoms with Crippen LogP contribution in [0, 0.1) is 41.4 Å². The van der Waals surface area contributed by atoms with Crippen molar-refractivity contribution in [2.45, 2.75) is 70.7 Å². The Morgan fingerprint density at radius 2 is 2.07 bits per heavy atom. The molecule has 2 aliphatic heterocycles. The van der Waals surface area contributed by atoms with Gasteiger partial charge in [-0.2, -0.15) is 0 Å². The molecule has 162 valence electrons. The van der Waals surface area contributed by atoms with Crippen LogP contribution in [0.5, 0.6) is 0 Å². The zero-order valence-electron chi connectivity index (χ0n) is 18.2. The third-order valence-electron chi connectivity index (χ3n) is 9.70. The molecule has 30 heavy (non-hydrogen) atoms. The number of allylic oxidation sites excluding steroid dienone is 1. The first-order chi connectivity index (χ1) is 14.0. The van der Waals surface area contributed by atoms with Gasteiger partial charge in [-0.25, -0.2) is 4.98 Å². The Hall–Kier alpha value is -1.08. The lowest BCUT2D eigenvalue weighted by Crippen LogP contribution is -2.86. The second-order valence-electron chi connectivity index (χ2n) is 11.2. The topological polar surface area (TPSA) is 79.7 Å². The highest BCUT2D eigenvalue weighted by Crippen LogP contribution is 2.77. The van der Waals surface area contributed by atoms with Crippen LogP contribution in [-0.4, -0.2) is 39.5 Å². The summed E-state index contributed by atoms with van der Waals surface area (Å²) >= 11 is 1.73. The lowest BCUT2D eigenvalue weighted by atomic mass is 9.31. The number of carbonyl (C=O) groups excluding carboxylic acids is 1. The predicted molar refractivity (Wildman–Crippen MR) is 113 cm³/mol. The lowest BCUT2D eigenvalue weighted by Gasteiger charge is -2.76. The third kappa shape index (κ3) is 1.78. The largest absolute Gasteiger partial charge is 0.387 e. The zero-order chi connectivity index (χ0) is 21.4. The fourth-order valence-corrected chi connectivity index (χ4v) is 10.2. The van der Waals surface area contributed by atoms with Crippen molar-refractivity contribution >= 4 is 17.1 Å². The van der Waals surface area contributed by atoms with Gasteiger partial charge < -0.3 is 14.9 Å². The number of hydrogen-bond acceptors (Lipinski definition) is 6. The minimum Gasteiger partial charge on any atom is -0.387 e. The molecule has 2 bridgehead atoms. The van der Waals surface area contributed by atoms with Crippen molar-refractivity contribution in [3.8, 4) is 0 Å². The first kappa shape index (κ1) is 19.6. The van der Waals surface area contributed by atoms with Gasteiger partial charge in [-0.3, -0.25) is 4.79 Å². The number of aryl methyl sites for hydroxylation is 1. The van der Waals surface area contributed by atoms with Gasteiger partial charge in [0, 0.05) is 16.2 Å². The van der Waals surface area contributed by atoms with Crippen LogP contribution < -0.4 is 0 Å². The van der Waals surface area contributed by atoms with E-state index in [1.54, 1.807) is 18.3 Å². The van der Waals surface area contributed by atoms with Crippen molar-refractivity contribution in [3.63, 3.8) is 0 Å². The monoisotopic (exact) mass is 429 g/mol. The summed E-state index contributed by atoms with van der Waals surface area (Å²) in [6.45, 7) is 12.5. The molecule has 0 amide bonds. The fraction of sp³-hybridized carbons (Fsp3) is 0.750. The highest BCUT2D eigenvalue weighted by Gasteiger charge is 2.84. The predicted octanol–water partition coefficient (Wildman–Crippen LogP) is 3.16. The number of ether oxygens (including phenoxy) is 1. The van der Waals surface area contributed by atoms with Gasteiger partial charge in [0.05, 0.1) is 22.7 Å². The summed E-state index contributed by atoms with van der Waals surface area (Å²) in [7, 11) is 0. The summed E-state index contributed by atoms with van der Waals surface area (Å²) < 4.78 is 6.24. The summed E-state index contributed by atoms with van der Waals surface area (Å²) in [5.74, 6) is -1.97. The molecule has 5 fully saturated rings. The van der Waals surface area contributed by atoms with Crippen LogP contribution in [0.25, 0.3) is 0 Å². The van der Waals surface area contributed by atoms with E-state index in [-0.39, 0.29) is 34.9 Å². The molecular formula is C24H31NO4S. The van der Waals surface area contributed by atoms with Crippen LogP contribution in [-0.2, 0) is 21.4 Å². The molecule has 5 nitrogen and oxygen atoms in total. The molecule has 8 atom stereocenters. The van der Waals surface area contributed by atoms with Gasteiger partial charge in [0.1, 0.15) is 11.9 Å².